The van der Waals surface area contributed by atoms with E-state index in [9.17, 15) is 0 Å². The molecule has 1 nitrogen and oxygen atoms in total. The summed E-state index contributed by atoms with van der Waals surface area (Å²) < 4.78 is 5.10. The summed E-state index contributed by atoms with van der Waals surface area (Å²) in [5.41, 5.74) is 17.4. The van der Waals surface area contributed by atoms with Crippen molar-refractivity contribution in [1.29, 1.82) is 0 Å². The van der Waals surface area contributed by atoms with Crippen molar-refractivity contribution in [2.24, 2.45) is 5.92 Å². The lowest BCUT2D eigenvalue weighted by atomic mass is 9.79. The number of para-hydroxylation sites is 1. The summed E-state index contributed by atoms with van der Waals surface area (Å²) in [5.74, 6) is 0.940. The first-order chi connectivity index (χ1) is 27.0. The number of allylic oxidation sites excluding steroid dienone is 5. The lowest BCUT2D eigenvalue weighted by molar-refractivity contribution is 0.649. The molecule has 2 atom stereocenters. The minimum atomic E-state index is -0.00698. The number of nitrogens with zero attached hydrogens (tertiary/aromatic N) is 1. The molecule has 8 aromatic rings. The van der Waals surface area contributed by atoms with Crippen LogP contribution in [0, 0.1) is 5.92 Å². The summed E-state index contributed by atoms with van der Waals surface area (Å²) >= 11 is 1.90. The minimum absolute atomic E-state index is 0.00698. The monoisotopic (exact) mass is 723 g/mol. The highest BCUT2D eigenvalue weighted by Crippen LogP contribution is 2.50. The number of thiophene rings is 1. The third-order valence-corrected chi connectivity index (χ3v) is 14.0. The van der Waals surface area contributed by atoms with Gasteiger partial charge in [-0.1, -0.05) is 154 Å². The van der Waals surface area contributed by atoms with Gasteiger partial charge >= 0.3 is 0 Å². The molecule has 0 amide bonds. The van der Waals surface area contributed by atoms with Crippen LogP contribution < -0.4 is 0 Å². The maximum absolute atomic E-state index is 4.32. The summed E-state index contributed by atoms with van der Waals surface area (Å²) in [6.07, 6.45) is 15.7. The van der Waals surface area contributed by atoms with Gasteiger partial charge in [0.25, 0.3) is 0 Å². The third-order valence-electron chi connectivity index (χ3n) is 12.8. The Morgan fingerprint density at radius 1 is 0.782 bits per heavy atom. The van der Waals surface area contributed by atoms with Gasteiger partial charge in [-0.2, -0.15) is 0 Å². The lowest BCUT2D eigenvalue weighted by Crippen LogP contribution is -2.15. The van der Waals surface area contributed by atoms with E-state index < -0.39 is 0 Å². The molecule has 0 aliphatic heterocycles. The van der Waals surface area contributed by atoms with Gasteiger partial charge < -0.3 is 4.57 Å². The maximum Gasteiger partial charge on any atom is 0.0640 e. The van der Waals surface area contributed by atoms with E-state index in [0.717, 1.165) is 12.8 Å². The topological polar surface area (TPSA) is 4.93 Å². The van der Waals surface area contributed by atoms with Crippen LogP contribution in [0.5, 0.6) is 0 Å². The second kappa shape index (κ2) is 12.3. The van der Waals surface area contributed by atoms with E-state index in [-0.39, 0.29) is 5.41 Å². The number of fused-ring (bicyclic) bond motifs is 10. The average molecular weight is 724 g/mol. The fourth-order valence-corrected chi connectivity index (χ4v) is 11.3. The van der Waals surface area contributed by atoms with Crippen LogP contribution in [0.25, 0.3) is 65.6 Å². The molecule has 264 valence electrons. The molecule has 0 N–H and O–H groups in total. The van der Waals surface area contributed by atoms with Crippen molar-refractivity contribution in [2.45, 2.75) is 38.0 Å². The maximum atomic E-state index is 4.32. The van der Waals surface area contributed by atoms with Gasteiger partial charge in [0.15, 0.2) is 0 Å². The molecule has 0 fully saturated rings. The van der Waals surface area contributed by atoms with Crippen molar-refractivity contribution in [3.63, 3.8) is 0 Å². The summed E-state index contributed by atoms with van der Waals surface area (Å²) in [4.78, 5) is 0. The predicted molar refractivity (Wildman–Crippen MR) is 236 cm³/mol. The molecule has 0 radical (unpaired) electrons. The van der Waals surface area contributed by atoms with Crippen molar-refractivity contribution < 1.29 is 0 Å². The first kappa shape index (κ1) is 32.5. The number of hydrogen-bond donors (Lipinski definition) is 0. The minimum Gasteiger partial charge on any atom is -0.308 e. The van der Waals surface area contributed by atoms with Crippen molar-refractivity contribution in [1.82, 2.24) is 4.57 Å². The fourth-order valence-electron chi connectivity index (χ4n) is 10.1. The van der Waals surface area contributed by atoms with Gasteiger partial charge in [0, 0.05) is 37.8 Å². The summed E-state index contributed by atoms with van der Waals surface area (Å²) in [5, 5.41) is 3.87. The van der Waals surface area contributed by atoms with Crippen molar-refractivity contribution in [2.75, 3.05) is 0 Å². The first-order valence-corrected chi connectivity index (χ1v) is 20.4. The number of hydrogen-bond acceptors (Lipinski definition) is 1. The summed E-state index contributed by atoms with van der Waals surface area (Å²) in [6.45, 7) is 9.04. The molecule has 11 rings (SSSR count). The van der Waals surface area contributed by atoms with Gasteiger partial charge in [0.1, 0.15) is 0 Å². The Bertz CT molecular complexity index is 2990. The van der Waals surface area contributed by atoms with Crippen LogP contribution in [-0.4, -0.2) is 4.57 Å². The van der Waals surface area contributed by atoms with Crippen LogP contribution in [0.4, 0.5) is 0 Å². The van der Waals surface area contributed by atoms with E-state index in [4.69, 9.17) is 0 Å². The van der Waals surface area contributed by atoms with Crippen molar-refractivity contribution in [3.05, 3.63) is 203 Å². The van der Waals surface area contributed by atoms with Gasteiger partial charge in [0.05, 0.1) is 21.6 Å². The number of aromatic nitrogens is 1. The van der Waals surface area contributed by atoms with Crippen LogP contribution in [0.3, 0.4) is 0 Å². The Hall–Kier alpha value is -5.96. The van der Waals surface area contributed by atoms with Crippen LogP contribution in [0.15, 0.2) is 158 Å². The van der Waals surface area contributed by atoms with Gasteiger partial charge in [-0.05, 0) is 99.2 Å². The lowest BCUT2D eigenvalue weighted by Gasteiger charge is -2.24. The Morgan fingerprint density at radius 2 is 1.60 bits per heavy atom. The van der Waals surface area contributed by atoms with Crippen LogP contribution in [-0.2, 0) is 18.3 Å². The Balaban J connectivity index is 0.993. The Morgan fingerprint density at radius 3 is 2.53 bits per heavy atom. The molecule has 3 aliphatic carbocycles. The zero-order valence-electron chi connectivity index (χ0n) is 31.2. The molecule has 55 heavy (non-hydrogen) atoms. The van der Waals surface area contributed by atoms with Crippen molar-refractivity contribution >= 4 is 60.1 Å². The van der Waals surface area contributed by atoms with Crippen LogP contribution in [0.2, 0.25) is 0 Å². The fraction of sp³-hybridized carbons (Fsp3) is 0.132. The second-order valence-corrected chi connectivity index (χ2v) is 17.1. The molecule has 6 aromatic carbocycles. The quantitative estimate of drug-likeness (QED) is 0.161. The average Bonchev–Trinajstić information content (AvgIpc) is 3.94. The van der Waals surface area contributed by atoms with Gasteiger partial charge in [0.2, 0.25) is 0 Å². The summed E-state index contributed by atoms with van der Waals surface area (Å²) in [7, 11) is 0. The van der Waals surface area contributed by atoms with E-state index in [1.165, 1.54) is 98.1 Å². The molecule has 0 bridgehead atoms. The molecule has 2 heterocycles. The predicted octanol–water partition coefficient (Wildman–Crippen LogP) is 14.1. The highest BCUT2D eigenvalue weighted by Gasteiger charge is 2.36. The zero-order chi connectivity index (χ0) is 36.8. The normalized spacial score (nSPS) is 17.8. The standard InChI is InChI=1S/C53H41NS/c1-4-36-42-18-8-10-23-49(42)54(48(36)24-11-14-33-26-28-41-40-17-7-9-22-46(40)53(2,3)47(41)30-33)50-25-13-21-43-45-32-35(27-29-51(45)55-52(43)50)38-19-12-20-39-37-16-6-5-15-34(37)31-44(38)39/h4-13,15-30,32,39,44H,1,14,31H2,2-3H3/b24-11-. The Labute approximate surface area is 326 Å². The van der Waals surface area contributed by atoms with E-state index in [1.54, 1.807) is 0 Å². The van der Waals surface area contributed by atoms with E-state index in [2.05, 4.69) is 183 Å². The third kappa shape index (κ3) is 4.84. The van der Waals surface area contributed by atoms with E-state index in [0.29, 0.717) is 11.8 Å². The Kier molecular flexibility index (Phi) is 7.25. The number of rotatable bonds is 6. The van der Waals surface area contributed by atoms with Crippen LogP contribution in [0.1, 0.15) is 64.4 Å². The first-order valence-electron chi connectivity index (χ1n) is 19.6. The smallest absolute Gasteiger partial charge is 0.0640 e. The van der Waals surface area contributed by atoms with E-state index in [1.807, 2.05) is 17.4 Å². The molecule has 2 aromatic heterocycles. The molecule has 2 unspecified atom stereocenters. The second-order valence-electron chi connectivity index (χ2n) is 16.0. The molecule has 0 spiro atoms. The van der Waals surface area contributed by atoms with E-state index >= 15 is 0 Å². The van der Waals surface area contributed by atoms with Gasteiger partial charge in [-0.25, -0.2) is 0 Å². The van der Waals surface area contributed by atoms with Crippen LogP contribution >= 0.6 is 11.3 Å². The summed E-state index contributed by atoms with van der Waals surface area (Å²) in [6, 6.07) is 47.8. The molecule has 2 heteroatoms. The molecule has 0 saturated heterocycles. The van der Waals surface area contributed by atoms with Gasteiger partial charge in [-0.15, -0.1) is 11.3 Å². The largest absolute Gasteiger partial charge is 0.308 e. The van der Waals surface area contributed by atoms with Gasteiger partial charge in [-0.3, -0.25) is 0 Å². The molecule has 0 saturated carbocycles. The molecule has 3 aliphatic rings. The highest BCUT2D eigenvalue weighted by molar-refractivity contribution is 7.26. The molecular weight excluding hydrogens is 683 g/mol. The zero-order valence-corrected chi connectivity index (χ0v) is 32.0. The highest BCUT2D eigenvalue weighted by atomic mass is 32.1. The SMILES string of the molecule is C=Cc1c(/C=C\Cc2ccc3c(c2)C(C)(C)c2ccccc2-3)n(-c2cccc3c2sc2ccc(C4=CC=CC5c6ccccc6CC45)cc23)c2ccccc12. The van der Waals surface area contributed by atoms with Crippen molar-refractivity contribution in [3.8, 4) is 16.8 Å². The molecular formula is C53H41NS. The number of benzene rings is 6.